The molecule has 1 atom stereocenters. The van der Waals surface area contributed by atoms with Crippen molar-refractivity contribution in [3.8, 4) is 17.3 Å². The highest BCUT2D eigenvalue weighted by Crippen LogP contribution is 2.40. The summed E-state index contributed by atoms with van der Waals surface area (Å²) in [5.41, 5.74) is 0.262. The minimum absolute atomic E-state index is 0.000909. The number of imidazole rings is 1. The third kappa shape index (κ3) is 3.47. The molecule has 1 amide bonds. The molecule has 0 saturated heterocycles. The van der Waals surface area contributed by atoms with Gasteiger partial charge in [-0.15, -0.1) is 0 Å². The molecule has 1 N–H and O–H groups in total. The van der Waals surface area contributed by atoms with Gasteiger partial charge < -0.3 is 5.32 Å². The number of nitrogens with one attached hydrogen (secondary N) is 1. The molecule has 2 aromatic heterocycles. The normalized spacial score (nSPS) is 15.1. The van der Waals surface area contributed by atoms with Crippen LogP contribution in [0.1, 0.15) is 34.6 Å². The second kappa shape index (κ2) is 7.09. The van der Waals surface area contributed by atoms with Crippen LogP contribution in [0.4, 0.5) is 17.6 Å². The van der Waals surface area contributed by atoms with Crippen molar-refractivity contribution < 1.29 is 22.4 Å². The predicted octanol–water partition coefficient (Wildman–Crippen LogP) is 3.79. The summed E-state index contributed by atoms with van der Waals surface area (Å²) in [6.07, 6.45) is -2.51. The van der Waals surface area contributed by atoms with Crippen molar-refractivity contribution in [2.24, 2.45) is 5.92 Å². The maximum absolute atomic E-state index is 14.6. The summed E-state index contributed by atoms with van der Waals surface area (Å²) in [7, 11) is 0. The summed E-state index contributed by atoms with van der Waals surface area (Å²) in [4.78, 5) is 20.8. The minimum atomic E-state index is -4.57. The number of carbonyl (C=O) groups is 1. The van der Waals surface area contributed by atoms with Crippen molar-refractivity contribution in [1.29, 1.82) is 5.26 Å². The van der Waals surface area contributed by atoms with Crippen molar-refractivity contribution in [2.75, 3.05) is 0 Å². The number of alkyl halides is 3. The highest BCUT2D eigenvalue weighted by molar-refractivity contribution is 5.98. The van der Waals surface area contributed by atoms with Gasteiger partial charge in [0.2, 0.25) is 0 Å². The largest absolute Gasteiger partial charge is 0.408 e. The molecule has 0 spiro atoms. The molecule has 4 rings (SSSR count). The van der Waals surface area contributed by atoms with E-state index in [1.807, 2.05) is 5.32 Å². The Labute approximate surface area is 168 Å². The third-order valence-corrected chi connectivity index (χ3v) is 5.04. The van der Waals surface area contributed by atoms with E-state index in [0.29, 0.717) is 18.5 Å². The van der Waals surface area contributed by atoms with Crippen LogP contribution >= 0.6 is 0 Å². The van der Waals surface area contributed by atoms with Crippen LogP contribution in [0.25, 0.3) is 16.9 Å². The molecule has 1 aromatic carbocycles. The van der Waals surface area contributed by atoms with Gasteiger partial charge in [0.15, 0.2) is 11.3 Å². The van der Waals surface area contributed by atoms with E-state index in [4.69, 9.17) is 5.26 Å². The highest BCUT2D eigenvalue weighted by Gasteiger charge is 2.50. The first-order valence-corrected chi connectivity index (χ1v) is 9.12. The van der Waals surface area contributed by atoms with Crippen LogP contribution < -0.4 is 5.32 Å². The Bertz CT molecular complexity index is 1190. The van der Waals surface area contributed by atoms with Crippen LogP contribution in [-0.2, 0) is 0 Å². The first-order valence-electron chi connectivity index (χ1n) is 9.12. The van der Waals surface area contributed by atoms with Gasteiger partial charge in [0, 0.05) is 11.3 Å². The molecule has 0 aliphatic heterocycles. The molecule has 10 heteroatoms. The molecule has 1 unspecified atom stereocenters. The molecule has 0 radical (unpaired) electrons. The molecule has 6 nitrogen and oxygen atoms in total. The van der Waals surface area contributed by atoms with Crippen LogP contribution in [0.15, 0.2) is 30.6 Å². The Hall–Kier alpha value is -3.48. The molecule has 154 valence electrons. The number of carbonyl (C=O) groups excluding carboxylic acids is 1. The van der Waals surface area contributed by atoms with Crippen molar-refractivity contribution in [1.82, 2.24) is 19.7 Å². The molecule has 1 aliphatic carbocycles. The van der Waals surface area contributed by atoms with Gasteiger partial charge in [0.05, 0.1) is 11.3 Å². The minimum Gasteiger partial charge on any atom is -0.339 e. The van der Waals surface area contributed by atoms with Gasteiger partial charge >= 0.3 is 6.18 Å². The number of amides is 1. The number of aromatic nitrogens is 3. The first-order chi connectivity index (χ1) is 14.2. The van der Waals surface area contributed by atoms with Gasteiger partial charge in [-0.05, 0) is 43.9 Å². The smallest absolute Gasteiger partial charge is 0.339 e. The Kier molecular flexibility index (Phi) is 4.68. The summed E-state index contributed by atoms with van der Waals surface area (Å²) in [5.74, 6) is -2.41. The number of hydrogen-bond acceptors (Lipinski definition) is 4. The van der Waals surface area contributed by atoms with E-state index in [1.165, 1.54) is 28.9 Å². The fraction of sp³-hybridized carbons (Fsp3) is 0.300. The molecular formula is C20H15F4N5O. The zero-order valence-corrected chi connectivity index (χ0v) is 15.7. The monoisotopic (exact) mass is 417 g/mol. The van der Waals surface area contributed by atoms with E-state index >= 15 is 0 Å². The van der Waals surface area contributed by atoms with Crippen molar-refractivity contribution in [3.63, 3.8) is 0 Å². The first kappa shape index (κ1) is 19.8. The van der Waals surface area contributed by atoms with E-state index in [2.05, 4.69) is 9.97 Å². The number of fused-ring (bicyclic) bond motifs is 1. The molecule has 3 aromatic rings. The van der Waals surface area contributed by atoms with E-state index < -0.39 is 29.9 Å². The lowest BCUT2D eigenvalue weighted by atomic mass is 10.1. The number of rotatable bonds is 4. The molecule has 2 heterocycles. The van der Waals surface area contributed by atoms with Gasteiger partial charge in [-0.1, -0.05) is 6.07 Å². The molecule has 0 bridgehead atoms. The van der Waals surface area contributed by atoms with E-state index in [0.717, 1.165) is 0 Å². The summed E-state index contributed by atoms with van der Waals surface area (Å²) >= 11 is 0. The van der Waals surface area contributed by atoms with Crippen molar-refractivity contribution in [2.45, 2.75) is 32.0 Å². The Morgan fingerprint density at radius 1 is 1.37 bits per heavy atom. The fourth-order valence-corrected chi connectivity index (χ4v) is 3.34. The van der Waals surface area contributed by atoms with Gasteiger partial charge in [0.25, 0.3) is 5.91 Å². The Balaban J connectivity index is 1.76. The van der Waals surface area contributed by atoms with Gasteiger partial charge in [-0.25, -0.2) is 14.4 Å². The molecular weight excluding hydrogens is 402 g/mol. The van der Waals surface area contributed by atoms with E-state index in [9.17, 15) is 22.4 Å². The van der Waals surface area contributed by atoms with Crippen molar-refractivity contribution >= 4 is 11.6 Å². The summed E-state index contributed by atoms with van der Waals surface area (Å²) in [6.45, 7) is 1.66. The lowest BCUT2D eigenvalue weighted by Crippen LogP contribution is -2.47. The number of nitrogens with zero attached hydrogens (tertiary/aromatic N) is 4. The van der Waals surface area contributed by atoms with Gasteiger partial charge in [-0.3, -0.25) is 9.20 Å². The molecule has 1 saturated carbocycles. The van der Waals surface area contributed by atoms with Crippen LogP contribution in [0.5, 0.6) is 0 Å². The van der Waals surface area contributed by atoms with Crippen LogP contribution in [0, 0.1) is 30.0 Å². The Morgan fingerprint density at radius 2 is 2.10 bits per heavy atom. The number of halogens is 4. The second-order valence-electron chi connectivity index (χ2n) is 7.18. The average molecular weight is 417 g/mol. The zero-order chi connectivity index (χ0) is 21.6. The topological polar surface area (TPSA) is 83.1 Å². The molecule has 1 fully saturated rings. The number of hydrogen-bond donors (Lipinski definition) is 1. The molecule has 30 heavy (non-hydrogen) atoms. The summed E-state index contributed by atoms with van der Waals surface area (Å²) in [6, 6.07) is 5.57. The zero-order valence-electron chi connectivity index (χ0n) is 15.7. The van der Waals surface area contributed by atoms with Crippen LogP contribution in [-0.4, -0.2) is 32.5 Å². The second-order valence-corrected chi connectivity index (χ2v) is 7.18. The maximum atomic E-state index is 14.6. The fourth-order valence-electron chi connectivity index (χ4n) is 3.34. The van der Waals surface area contributed by atoms with Gasteiger partial charge in [0.1, 0.15) is 24.3 Å². The lowest BCUT2D eigenvalue weighted by Gasteiger charge is -2.20. The van der Waals surface area contributed by atoms with E-state index in [1.54, 1.807) is 19.1 Å². The number of benzene rings is 1. The lowest BCUT2D eigenvalue weighted by molar-refractivity contribution is -0.158. The summed E-state index contributed by atoms with van der Waals surface area (Å²) < 4.78 is 55.8. The van der Waals surface area contributed by atoms with Gasteiger partial charge in [-0.2, -0.15) is 18.4 Å². The highest BCUT2D eigenvalue weighted by atomic mass is 19.4. The third-order valence-electron chi connectivity index (χ3n) is 5.04. The SMILES string of the molecule is Cc1cc(-c2cccc(C#N)c2F)nc2c(C(=O)NC(C3CC3)C(F)(F)F)ncn12. The van der Waals surface area contributed by atoms with Crippen LogP contribution in [0.3, 0.4) is 0 Å². The quantitative estimate of drug-likeness (QED) is 0.655. The number of aryl methyl sites for hydroxylation is 1. The average Bonchev–Trinajstić information content (AvgIpc) is 3.43. The van der Waals surface area contributed by atoms with Crippen molar-refractivity contribution in [3.05, 3.63) is 53.4 Å². The molecule has 1 aliphatic rings. The summed E-state index contributed by atoms with van der Waals surface area (Å²) in [5, 5.41) is 11.1. The number of nitriles is 1. The predicted molar refractivity (Wildman–Crippen MR) is 97.9 cm³/mol. The van der Waals surface area contributed by atoms with Crippen LogP contribution in [0.2, 0.25) is 0 Å². The maximum Gasteiger partial charge on any atom is 0.408 e. The standard InChI is InChI=1S/C20H15F4N5O/c1-10-7-14(13-4-2-3-12(8-25)15(13)21)27-18-16(26-9-29(10)18)19(30)28-17(11-5-6-11)20(22,23)24/h2-4,7,9,11,17H,5-6H2,1H3,(H,28,30). The van der Waals surface area contributed by atoms with E-state index in [-0.39, 0.29) is 28.2 Å². The Morgan fingerprint density at radius 3 is 2.73 bits per heavy atom.